The monoisotopic (exact) mass is 213 g/mol. The molecule has 4 nitrogen and oxygen atoms in total. The van der Waals surface area contributed by atoms with Crippen LogP contribution in [0.3, 0.4) is 0 Å². The minimum absolute atomic E-state index is 0.00463. The third kappa shape index (κ3) is 2.18. The molecule has 1 aromatic rings. The van der Waals surface area contributed by atoms with Gasteiger partial charge < -0.3 is 0 Å². The van der Waals surface area contributed by atoms with E-state index in [0.717, 1.165) is 6.26 Å². The van der Waals surface area contributed by atoms with Crippen LogP contribution in [-0.4, -0.2) is 21.0 Å². The van der Waals surface area contributed by atoms with E-state index < -0.39 is 15.9 Å². The minimum Gasteiger partial charge on any atom is -0.300 e. The van der Waals surface area contributed by atoms with E-state index in [1.54, 1.807) is 0 Å². The molecule has 0 aliphatic heterocycles. The summed E-state index contributed by atoms with van der Waals surface area (Å²) in [5, 5.41) is 11.1. The SMILES string of the molecule is CS(=O)(=O)c1ccccc1C([O])C=O. The Bertz CT molecular complexity index is 436. The standard InChI is InChI=1S/C9H9O4S/c1-14(12,13)9-5-3-2-4-7(9)8(11)6-10/h2-6,8H,1H3. The van der Waals surface area contributed by atoms with E-state index in [9.17, 15) is 18.3 Å². The molecule has 0 spiro atoms. The van der Waals surface area contributed by atoms with Crippen LogP contribution in [0.25, 0.3) is 0 Å². The van der Waals surface area contributed by atoms with Gasteiger partial charge in [0.05, 0.1) is 4.90 Å². The summed E-state index contributed by atoms with van der Waals surface area (Å²) in [7, 11) is -3.45. The zero-order chi connectivity index (χ0) is 10.8. The van der Waals surface area contributed by atoms with Gasteiger partial charge >= 0.3 is 0 Å². The molecule has 0 fully saturated rings. The summed E-state index contributed by atoms with van der Waals surface area (Å²) < 4.78 is 22.4. The fourth-order valence-corrected chi connectivity index (χ4v) is 2.06. The number of rotatable bonds is 3. The van der Waals surface area contributed by atoms with Crippen molar-refractivity contribution in [2.24, 2.45) is 0 Å². The van der Waals surface area contributed by atoms with Crippen molar-refractivity contribution in [3.8, 4) is 0 Å². The van der Waals surface area contributed by atoms with Crippen LogP contribution in [0.15, 0.2) is 29.2 Å². The number of hydrogen-bond acceptors (Lipinski definition) is 3. The number of carbonyl (C=O) groups is 1. The Labute approximate surface area is 82.1 Å². The van der Waals surface area contributed by atoms with Gasteiger partial charge in [0, 0.05) is 11.8 Å². The molecule has 0 bridgehead atoms. The van der Waals surface area contributed by atoms with Crippen LogP contribution in [-0.2, 0) is 19.7 Å². The van der Waals surface area contributed by atoms with Crippen LogP contribution in [0.2, 0.25) is 0 Å². The molecule has 0 aliphatic carbocycles. The number of hydrogen-bond donors (Lipinski definition) is 0. The molecule has 0 saturated carbocycles. The molecule has 0 aromatic heterocycles. The second kappa shape index (κ2) is 3.89. The van der Waals surface area contributed by atoms with Gasteiger partial charge in [-0.15, -0.1) is 0 Å². The fraction of sp³-hybridized carbons (Fsp3) is 0.222. The van der Waals surface area contributed by atoms with Gasteiger partial charge in [-0.1, -0.05) is 18.2 Å². The van der Waals surface area contributed by atoms with Crippen LogP contribution in [0.4, 0.5) is 0 Å². The van der Waals surface area contributed by atoms with E-state index in [1.165, 1.54) is 24.3 Å². The zero-order valence-corrected chi connectivity index (χ0v) is 8.32. The Hall–Kier alpha value is -1.20. The van der Waals surface area contributed by atoms with Gasteiger partial charge in [0.1, 0.15) is 0 Å². The normalized spacial score (nSPS) is 13.6. The van der Waals surface area contributed by atoms with E-state index in [4.69, 9.17) is 0 Å². The Balaban J connectivity index is 3.37. The molecular weight excluding hydrogens is 204 g/mol. The van der Waals surface area contributed by atoms with E-state index >= 15 is 0 Å². The summed E-state index contributed by atoms with van der Waals surface area (Å²) in [6.07, 6.45) is -0.450. The van der Waals surface area contributed by atoms with E-state index in [1.807, 2.05) is 0 Å². The lowest BCUT2D eigenvalue weighted by atomic mass is 10.1. The van der Waals surface area contributed by atoms with Crippen LogP contribution in [0, 0.1) is 0 Å². The Morgan fingerprint density at radius 1 is 1.29 bits per heavy atom. The lowest BCUT2D eigenvalue weighted by molar-refractivity contribution is -0.118. The van der Waals surface area contributed by atoms with Gasteiger partial charge in [-0.3, -0.25) is 4.79 Å². The Morgan fingerprint density at radius 2 is 1.86 bits per heavy atom. The fourth-order valence-electron chi connectivity index (χ4n) is 1.13. The van der Waals surface area contributed by atoms with Crippen LogP contribution < -0.4 is 0 Å². The predicted molar refractivity (Wildman–Crippen MR) is 49.0 cm³/mol. The molecule has 1 atom stereocenters. The van der Waals surface area contributed by atoms with Crippen molar-refractivity contribution in [1.82, 2.24) is 0 Å². The van der Waals surface area contributed by atoms with Crippen molar-refractivity contribution >= 4 is 16.1 Å². The molecule has 1 unspecified atom stereocenters. The second-order valence-electron chi connectivity index (χ2n) is 2.87. The molecule has 0 heterocycles. The van der Waals surface area contributed by atoms with Gasteiger partial charge in [-0.05, 0) is 6.07 Å². The summed E-state index contributed by atoms with van der Waals surface area (Å²) in [5.41, 5.74) is 0.00463. The molecule has 0 saturated heterocycles. The van der Waals surface area contributed by atoms with Crippen molar-refractivity contribution in [2.75, 3.05) is 6.26 Å². The third-order valence-electron chi connectivity index (χ3n) is 1.75. The highest BCUT2D eigenvalue weighted by Crippen LogP contribution is 2.21. The lowest BCUT2D eigenvalue weighted by Gasteiger charge is -2.06. The molecule has 1 aromatic carbocycles. The number of sulfone groups is 1. The van der Waals surface area contributed by atoms with Crippen molar-refractivity contribution in [3.63, 3.8) is 0 Å². The van der Waals surface area contributed by atoms with Crippen molar-refractivity contribution in [3.05, 3.63) is 29.8 Å². The average molecular weight is 213 g/mol. The third-order valence-corrected chi connectivity index (χ3v) is 2.92. The first-order chi connectivity index (χ1) is 6.46. The molecule has 1 rings (SSSR count). The van der Waals surface area contributed by atoms with Gasteiger partial charge in [-0.2, -0.15) is 0 Å². The van der Waals surface area contributed by atoms with Crippen molar-refractivity contribution < 1.29 is 18.3 Å². The summed E-state index contributed by atoms with van der Waals surface area (Å²) in [6, 6.07) is 5.71. The second-order valence-corrected chi connectivity index (χ2v) is 4.85. The maximum Gasteiger partial charge on any atom is 0.175 e. The van der Waals surface area contributed by atoms with Crippen LogP contribution in [0.5, 0.6) is 0 Å². The molecule has 0 N–H and O–H groups in total. The van der Waals surface area contributed by atoms with Gasteiger partial charge in [0.15, 0.2) is 22.2 Å². The molecule has 14 heavy (non-hydrogen) atoms. The molecule has 75 valence electrons. The van der Waals surface area contributed by atoms with Crippen molar-refractivity contribution in [1.29, 1.82) is 0 Å². The van der Waals surface area contributed by atoms with Crippen molar-refractivity contribution in [2.45, 2.75) is 11.0 Å². The highest BCUT2D eigenvalue weighted by Gasteiger charge is 2.18. The first-order valence-corrected chi connectivity index (χ1v) is 5.76. The van der Waals surface area contributed by atoms with Gasteiger partial charge in [0.25, 0.3) is 0 Å². The molecule has 1 radical (unpaired) electrons. The first kappa shape index (κ1) is 10.9. The summed E-state index contributed by atoms with van der Waals surface area (Å²) in [6.45, 7) is 0. The van der Waals surface area contributed by atoms with E-state index in [2.05, 4.69) is 0 Å². The maximum atomic E-state index is 11.2. The van der Waals surface area contributed by atoms with Gasteiger partial charge in [-0.25, -0.2) is 13.5 Å². The average Bonchev–Trinajstić information content (AvgIpc) is 2.15. The highest BCUT2D eigenvalue weighted by atomic mass is 32.2. The zero-order valence-electron chi connectivity index (χ0n) is 7.51. The maximum absolute atomic E-state index is 11.2. The molecule has 0 aliphatic rings. The lowest BCUT2D eigenvalue weighted by Crippen LogP contribution is -2.06. The first-order valence-electron chi connectivity index (χ1n) is 3.87. The molecular formula is C9H9O4S. The van der Waals surface area contributed by atoms with E-state index in [-0.39, 0.29) is 16.7 Å². The Morgan fingerprint density at radius 3 is 2.36 bits per heavy atom. The molecule has 5 heteroatoms. The summed E-state index contributed by atoms with van der Waals surface area (Å²) in [4.78, 5) is 10.2. The Kier molecular flexibility index (Phi) is 3.03. The largest absolute Gasteiger partial charge is 0.300 e. The van der Waals surface area contributed by atoms with Gasteiger partial charge in [0.2, 0.25) is 0 Å². The smallest absolute Gasteiger partial charge is 0.175 e. The number of benzene rings is 1. The van der Waals surface area contributed by atoms with Crippen LogP contribution in [0.1, 0.15) is 11.7 Å². The van der Waals surface area contributed by atoms with E-state index in [0.29, 0.717) is 0 Å². The predicted octanol–water partition coefficient (Wildman–Crippen LogP) is 0.761. The summed E-state index contributed by atoms with van der Waals surface area (Å²) >= 11 is 0. The number of aldehydes is 1. The topological polar surface area (TPSA) is 71.1 Å². The number of carbonyl (C=O) groups excluding carboxylic acids is 1. The summed E-state index contributed by atoms with van der Waals surface area (Å²) in [5.74, 6) is 0. The highest BCUT2D eigenvalue weighted by molar-refractivity contribution is 7.90. The minimum atomic E-state index is -3.45. The molecule has 0 amide bonds. The quantitative estimate of drug-likeness (QED) is 0.696. The van der Waals surface area contributed by atoms with Crippen LogP contribution >= 0.6 is 0 Å².